The second-order valence-electron chi connectivity index (χ2n) is 8.76. The number of ether oxygens (including phenoxy) is 1. The van der Waals surface area contributed by atoms with Gasteiger partial charge in [0.15, 0.2) is 0 Å². The average Bonchev–Trinajstić information content (AvgIpc) is 3.60. The van der Waals surface area contributed by atoms with Crippen molar-refractivity contribution in [3.05, 3.63) is 42.2 Å². The molecule has 0 amide bonds. The number of fused-ring (bicyclic) bond motifs is 1. The highest BCUT2D eigenvalue weighted by Crippen LogP contribution is 2.48. The van der Waals surface area contributed by atoms with Gasteiger partial charge < -0.3 is 14.4 Å². The number of carbonyl (C=O) groups excluding carboxylic acids is 1. The number of nitrogens with zero attached hydrogens (tertiary/aromatic N) is 2. The monoisotopic (exact) mass is 474 g/mol. The minimum Gasteiger partial charge on any atom is -0.491 e. The first-order valence-corrected chi connectivity index (χ1v) is 13.2. The van der Waals surface area contributed by atoms with Crippen molar-refractivity contribution in [1.29, 1.82) is 0 Å². The van der Waals surface area contributed by atoms with Crippen LogP contribution in [0.4, 0.5) is 15.8 Å². The fourth-order valence-corrected chi connectivity index (χ4v) is 5.60. The maximum atomic E-state index is 13.6. The number of rotatable bonds is 9. The Bertz CT molecular complexity index is 950. The highest BCUT2D eigenvalue weighted by atomic mass is 32.2. The van der Waals surface area contributed by atoms with E-state index in [2.05, 4.69) is 35.3 Å². The topological polar surface area (TPSA) is 32.8 Å². The maximum Gasteiger partial charge on any atom is 0.134 e. The average molecular weight is 475 g/mol. The van der Waals surface area contributed by atoms with Crippen LogP contribution in [0.1, 0.15) is 39.0 Å². The molecule has 0 N–H and O–H groups in total. The Morgan fingerprint density at radius 2 is 2.03 bits per heavy atom. The van der Waals surface area contributed by atoms with Crippen LogP contribution in [0.5, 0.6) is 5.75 Å². The van der Waals surface area contributed by atoms with E-state index in [1.54, 1.807) is 23.7 Å². The summed E-state index contributed by atoms with van der Waals surface area (Å²) in [6.45, 7) is 3.49. The fourth-order valence-electron chi connectivity index (χ4n) is 4.00. The molecule has 1 fully saturated rings. The zero-order valence-electron chi connectivity index (χ0n) is 19.0. The number of benzene rings is 2. The lowest BCUT2D eigenvalue weighted by molar-refractivity contribution is -0.113. The summed E-state index contributed by atoms with van der Waals surface area (Å²) in [4.78, 5) is 15.9. The summed E-state index contributed by atoms with van der Waals surface area (Å²) >= 11 is 3.39. The summed E-state index contributed by atoms with van der Waals surface area (Å²) in [7, 11) is 2.15. The van der Waals surface area contributed by atoms with E-state index in [1.807, 2.05) is 18.4 Å². The molecule has 0 bridgehead atoms. The van der Waals surface area contributed by atoms with E-state index in [0.717, 1.165) is 65.4 Å². The smallest absolute Gasteiger partial charge is 0.134 e. The van der Waals surface area contributed by atoms with E-state index in [1.165, 1.54) is 18.6 Å². The molecule has 2 aromatic carbocycles. The highest BCUT2D eigenvalue weighted by Gasteiger charge is 2.43. The predicted octanol–water partition coefficient (Wildman–Crippen LogP) is 6.55. The predicted molar refractivity (Wildman–Crippen MR) is 132 cm³/mol. The second kappa shape index (κ2) is 10.1. The minimum atomic E-state index is -0.294. The first-order valence-electron chi connectivity index (χ1n) is 11.2. The molecule has 32 heavy (non-hydrogen) atoms. The molecule has 1 saturated carbocycles. The molecule has 1 aliphatic carbocycles. The van der Waals surface area contributed by atoms with Crippen molar-refractivity contribution in [2.45, 2.75) is 54.9 Å². The molecule has 0 aromatic heterocycles. The summed E-state index contributed by atoms with van der Waals surface area (Å²) < 4.78 is 22.2. The second-order valence-corrected chi connectivity index (χ2v) is 10.8. The van der Waals surface area contributed by atoms with E-state index in [4.69, 9.17) is 4.74 Å². The van der Waals surface area contributed by atoms with Crippen LogP contribution in [0, 0.1) is 11.2 Å². The van der Waals surface area contributed by atoms with Crippen LogP contribution < -0.4 is 9.64 Å². The third-order valence-electron chi connectivity index (χ3n) is 6.37. The van der Waals surface area contributed by atoms with Gasteiger partial charge in [0.1, 0.15) is 24.5 Å². The molecule has 1 aliphatic heterocycles. The summed E-state index contributed by atoms with van der Waals surface area (Å²) in [5.41, 5.74) is 1.81. The van der Waals surface area contributed by atoms with Crippen LogP contribution in [0.15, 0.2) is 46.2 Å². The van der Waals surface area contributed by atoms with E-state index in [-0.39, 0.29) is 11.2 Å². The molecule has 0 spiro atoms. The number of thioether (sulfide) groups is 1. The van der Waals surface area contributed by atoms with Gasteiger partial charge in [0, 0.05) is 18.3 Å². The lowest BCUT2D eigenvalue weighted by Gasteiger charge is -2.30. The number of halogens is 1. The zero-order valence-corrected chi connectivity index (χ0v) is 20.6. The molecule has 4 nitrogen and oxygen atoms in total. The van der Waals surface area contributed by atoms with Crippen molar-refractivity contribution in [3.63, 3.8) is 0 Å². The highest BCUT2D eigenvalue weighted by molar-refractivity contribution is 7.98. The van der Waals surface area contributed by atoms with Gasteiger partial charge >= 0.3 is 0 Å². The van der Waals surface area contributed by atoms with E-state index in [0.29, 0.717) is 12.6 Å². The molecule has 1 atom stereocenters. The Morgan fingerprint density at radius 1 is 1.28 bits per heavy atom. The minimum absolute atomic E-state index is 0.226. The number of aldehydes is 1. The largest absolute Gasteiger partial charge is 0.491 e. The Hall–Kier alpha value is -1.70. The van der Waals surface area contributed by atoms with Crippen LogP contribution >= 0.6 is 23.7 Å². The normalized spacial score (nSPS) is 19.9. The molecular weight excluding hydrogens is 443 g/mol. The third kappa shape index (κ3) is 5.10. The number of anilines is 2. The number of carbonyl (C=O) groups is 1. The van der Waals surface area contributed by atoms with Gasteiger partial charge in [0.05, 0.1) is 20.9 Å². The van der Waals surface area contributed by atoms with Crippen LogP contribution in [0.25, 0.3) is 0 Å². The van der Waals surface area contributed by atoms with Crippen molar-refractivity contribution in [2.24, 2.45) is 5.41 Å². The Balaban J connectivity index is 1.71. The first-order chi connectivity index (χ1) is 15.5. The fraction of sp³-hybridized carbons (Fsp3) is 0.480. The van der Waals surface area contributed by atoms with Gasteiger partial charge in [0.25, 0.3) is 0 Å². The van der Waals surface area contributed by atoms with Crippen LogP contribution in [0.2, 0.25) is 0 Å². The molecule has 7 heteroatoms. The lowest BCUT2D eigenvalue weighted by Crippen LogP contribution is -2.35. The molecule has 0 saturated heterocycles. The number of hydrogen-bond donors (Lipinski definition) is 0. The Labute approximate surface area is 199 Å². The number of likely N-dealkylation sites (N-methyl/N-ethyl adjacent to an activating group) is 1. The van der Waals surface area contributed by atoms with Gasteiger partial charge in [-0.15, -0.1) is 11.8 Å². The van der Waals surface area contributed by atoms with Crippen molar-refractivity contribution < 1.29 is 13.9 Å². The summed E-state index contributed by atoms with van der Waals surface area (Å²) in [5.74, 6) is 0.604. The molecule has 1 heterocycles. The molecule has 4 rings (SSSR count). The summed E-state index contributed by atoms with van der Waals surface area (Å²) in [6, 6.07) is 11.4. The van der Waals surface area contributed by atoms with Crippen LogP contribution in [0.3, 0.4) is 0 Å². The van der Waals surface area contributed by atoms with Crippen molar-refractivity contribution in [2.75, 3.05) is 31.4 Å². The third-order valence-corrected chi connectivity index (χ3v) is 8.24. The molecule has 172 valence electrons. The van der Waals surface area contributed by atoms with Gasteiger partial charge in [-0.1, -0.05) is 19.8 Å². The van der Waals surface area contributed by atoms with Gasteiger partial charge in [0.2, 0.25) is 0 Å². The molecule has 0 radical (unpaired) electrons. The standard InChI is InChI=1S/C25H31FN2O2S2/c1-4-5-6-20-15-28(19-9-7-18(26)8-10-19)21-13-24(31-3)22(14-23(21)32-27(20)2)30-17-25(16-29)11-12-25/h7-10,13-14,16,20H,4-6,11-12,15,17H2,1-3H3. The summed E-state index contributed by atoms with van der Waals surface area (Å²) in [5, 5.41) is 0. The van der Waals surface area contributed by atoms with Crippen molar-refractivity contribution >= 4 is 41.4 Å². The Morgan fingerprint density at radius 3 is 2.66 bits per heavy atom. The van der Waals surface area contributed by atoms with Gasteiger partial charge in [-0.05, 0) is 80.9 Å². The van der Waals surface area contributed by atoms with Crippen LogP contribution in [-0.2, 0) is 4.79 Å². The first kappa shape index (κ1) is 23.5. The van der Waals surface area contributed by atoms with E-state index in [9.17, 15) is 9.18 Å². The molecule has 1 unspecified atom stereocenters. The van der Waals surface area contributed by atoms with Gasteiger partial charge in [-0.2, -0.15) is 0 Å². The van der Waals surface area contributed by atoms with E-state index < -0.39 is 0 Å². The zero-order chi connectivity index (χ0) is 22.7. The SMILES string of the molecule is CCCCC1CN(c2ccc(F)cc2)c2cc(SC)c(OCC3(C=O)CC3)cc2SN1C. The Kier molecular flexibility index (Phi) is 7.37. The molecular formula is C25H31FN2O2S2. The van der Waals surface area contributed by atoms with E-state index >= 15 is 0 Å². The van der Waals surface area contributed by atoms with Crippen molar-refractivity contribution in [1.82, 2.24) is 4.31 Å². The van der Waals surface area contributed by atoms with Gasteiger partial charge in [-0.3, -0.25) is 0 Å². The lowest BCUT2D eigenvalue weighted by atomic mass is 10.1. The maximum absolute atomic E-state index is 13.6. The number of hydrogen-bond acceptors (Lipinski definition) is 6. The summed E-state index contributed by atoms with van der Waals surface area (Å²) in [6.07, 6.45) is 8.34. The molecule has 2 aliphatic rings. The molecule has 2 aromatic rings. The number of unbranched alkanes of at least 4 members (excludes halogenated alkanes) is 1. The quantitative estimate of drug-likeness (QED) is 0.233. The van der Waals surface area contributed by atoms with Gasteiger partial charge in [-0.25, -0.2) is 8.70 Å². The van der Waals surface area contributed by atoms with Crippen molar-refractivity contribution in [3.8, 4) is 5.75 Å². The van der Waals surface area contributed by atoms with Crippen LogP contribution in [-0.4, -0.2) is 43.1 Å².